The SMILES string of the molecule is CCCn1nc2c(cc1=O)CN(CCc1ccncc1)CC2. The topological polar surface area (TPSA) is 51.0 Å². The van der Waals surface area contributed by atoms with Crippen molar-refractivity contribution in [2.75, 3.05) is 13.1 Å². The summed E-state index contributed by atoms with van der Waals surface area (Å²) in [6.07, 6.45) is 6.54. The van der Waals surface area contributed by atoms with Crippen LogP contribution in [0, 0.1) is 0 Å². The first-order chi connectivity index (χ1) is 10.8. The number of hydrogen-bond acceptors (Lipinski definition) is 4. The molecule has 1 aliphatic heterocycles. The molecule has 0 atom stereocenters. The molecule has 0 bridgehead atoms. The maximum absolute atomic E-state index is 12.0. The van der Waals surface area contributed by atoms with Crippen LogP contribution in [0.5, 0.6) is 0 Å². The molecular formula is C17H22N4O. The van der Waals surface area contributed by atoms with Crippen molar-refractivity contribution < 1.29 is 0 Å². The summed E-state index contributed by atoms with van der Waals surface area (Å²) in [4.78, 5) is 18.5. The van der Waals surface area contributed by atoms with Crippen LogP contribution in [-0.4, -0.2) is 32.8 Å². The second kappa shape index (κ2) is 6.83. The highest BCUT2D eigenvalue weighted by Crippen LogP contribution is 2.15. The molecule has 0 spiro atoms. The van der Waals surface area contributed by atoms with Crippen molar-refractivity contribution in [1.29, 1.82) is 0 Å². The van der Waals surface area contributed by atoms with E-state index in [0.29, 0.717) is 6.54 Å². The van der Waals surface area contributed by atoms with Crippen molar-refractivity contribution in [3.63, 3.8) is 0 Å². The lowest BCUT2D eigenvalue weighted by molar-refractivity contribution is 0.252. The molecule has 0 aromatic carbocycles. The largest absolute Gasteiger partial charge is 0.298 e. The van der Waals surface area contributed by atoms with E-state index in [1.165, 1.54) is 5.56 Å². The fraction of sp³-hybridized carbons (Fsp3) is 0.471. The summed E-state index contributed by atoms with van der Waals surface area (Å²) in [5.74, 6) is 0. The van der Waals surface area contributed by atoms with Gasteiger partial charge in [0.25, 0.3) is 5.56 Å². The van der Waals surface area contributed by atoms with E-state index in [2.05, 4.69) is 34.0 Å². The third kappa shape index (κ3) is 3.42. The Bertz CT molecular complexity index is 681. The van der Waals surface area contributed by atoms with Crippen LogP contribution in [0.25, 0.3) is 0 Å². The number of rotatable bonds is 5. The van der Waals surface area contributed by atoms with E-state index in [1.807, 2.05) is 12.4 Å². The van der Waals surface area contributed by atoms with Crippen LogP contribution in [0.4, 0.5) is 0 Å². The summed E-state index contributed by atoms with van der Waals surface area (Å²) < 4.78 is 1.60. The molecule has 1 aliphatic rings. The third-order valence-electron chi connectivity index (χ3n) is 4.12. The number of aromatic nitrogens is 3. The number of aryl methyl sites for hydroxylation is 1. The first kappa shape index (κ1) is 14.9. The predicted octanol–water partition coefficient (Wildman–Crippen LogP) is 1.65. The summed E-state index contributed by atoms with van der Waals surface area (Å²) in [5, 5.41) is 4.52. The van der Waals surface area contributed by atoms with Gasteiger partial charge >= 0.3 is 0 Å². The maximum atomic E-state index is 12.0. The molecule has 0 N–H and O–H groups in total. The minimum atomic E-state index is 0.0246. The van der Waals surface area contributed by atoms with Gasteiger partial charge in [0.05, 0.1) is 5.69 Å². The molecule has 0 aliphatic carbocycles. The average molecular weight is 298 g/mol. The predicted molar refractivity (Wildman–Crippen MR) is 85.7 cm³/mol. The number of hydrogen-bond donors (Lipinski definition) is 0. The van der Waals surface area contributed by atoms with Gasteiger partial charge in [-0.15, -0.1) is 0 Å². The van der Waals surface area contributed by atoms with Crippen molar-refractivity contribution in [2.45, 2.75) is 39.3 Å². The van der Waals surface area contributed by atoms with Gasteiger partial charge in [-0.1, -0.05) is 6.92 Å². The van der Waals surface area contributed by atoms with Crippen LogP contribution < -0.4 is 5.56 Å². The van der Waals surface area contributed by atoms with Crippen LogP contribution in [0.1, 0.15) is 30.2 Å². The van der Waals surface area contributed by atoms with E-state index in [4.69, 9.17) is 0 Å². The van der Waals surface area contributed by atoms with Crippen molar-refractivity contribution in [3.05, 3.63) is 57.8 Å². The minimum Gasteiger partial charge on any atom is -0.298 e. The Labute approximate surface area is 130 Å². The van der Waals surface area contributed by atoms with E-state index in [1.54, 1.807) is 10.7 Å². The average Bonchev–Trinajstić information content (AvgIpc) is 2.55. The Balaban J connectivity index is 1.66. The van der Waals surface area contributed by atoms with Gasteiger partial charge in [0.15, 0.2) is 0 Å². The van der Waals surface area contributed by atoms with Crippen LogP contribution in [-0.2, 0) is 25.9 Å². The fourth-order valence-electron chi connectivity index (χ4n) is 2.90. The highest BCUT2D eigenvalue weighted by molar-refractivity contribution is 5.21. The maximum Gasteiger partial charge on any atom is 0.267 e. The van der Waals surface area contributed by atoms with Gasteiger partial charge in [-0.2, -0.15) is 5.10 Å². The Kier molecular flexibility index (Phi) is 4.63. The zero-order valence-electron chi connectivity index (χ0n) is 13.0. The second-order valence-corrected chi connectivity index (χ2v) is 5.81. The van der Waals surface area contributed by atoms with E-state index < -0.39 is 0 Å². The molecule has 0 fully saturated rings. The molecule has 0 unspecified atom stereocenters. The highest BCUT2D eigenvalue weighted by atomic mass is 16.1. The quantitative estimate of drug-likeness (QED) is 0.842. The summed E-state index contributed by atoms with van der Waals surface area (Å²) >= 11 is 0. The molecule has 5 heteroatoms. The van der Waals surface area contributed by atoms with Gasteiger partial charge in [0.2, 0.25) is 0 Å². The number of fused-ring (bicyclic) bond motifs is 1. The van der Waals surface area contributed by atoms with Crippen LogP contribution in [0.2, 0.25) is 0 Å². The van der Waals surface area contributed by atoms with Gasteiger partial charge in [0, 0.05) is 51.1 Å². The molecule has 116 valence electrons. The molecule has 0 amide bonds. The Morgan fingerprint density at radius 1 is 1.23 bits per heavy atom. The zero-order chi connectivity index (χ0) is 15.4. The third-order valence-corrected chi connectivity index (χ3v) is 4.12. The Morgan fingerprint density at radius 2 is 2.05 bits per heavy atom. The van der Waals surface area contributed by atoms with Crippen LogP contribution >= 0.6 is 0 Å². The number of pyridine rings is 1. The highest BCUT2D eigenvalue weighted by Gasteiger charge is 2.18. The smallest absolute Gasteiger partial charge is 0.267 e. The van der Waals surface area contributed by atoms with Gasteiger partial charge in [-0.25, -0.2) is 4.68 Å². The summed E-state index contributed by atoms with van der Waals surface area (Å²) in [6, 6.07) is 5.89. The fourth-order valence-corrected chi connectivity index (χ4v) is 2.90. The van der Waals surface area contributed by atoms with Gasteiger partial charge in [-0.05, 0) is 36.1 Å². The Morgan fingerprint density at radius 3 is 2.82 bits per heavy atom. The molecule has 2 aromatic rings. The van der Waals surface area contributed by atoms with Gasteiger partial charge in [-0.3, -0.25) is 14.7 Å². The van der Waals surface area contributed by atoms with Crippen molar-refractivity contribution in [1.82, 2.24) is 19.7 Å². The molecule has 3 rings (SSSR count). The van der Waals surface area contributed by atoms with Crippen molar-refractivity contribution in [3.8, 4) is 0 Å². The standard InChI is InChI=1S/C17H22N4O/c1-2-9-21-17(22)12-15-13-20(11-6-16(15)19-21)10-5-14-3-7-18-8-4-14/h3-4,7-8,12H,2,5-6,9-11,13H2,1H3. The first-order valence-electron chi connectivity index (χ1n) is 7.97. The van der Waals surface area contributed by atoms with Crippen molar-refractivity contribution >= 4 is 0 Å². The lowest BCUT2D eigenvalue weighted by atomic mass is 10.1. The molecule has 2 aromatic heterocycles. The monoisotopic (exact) mass is 298 g/mol. The first-order valence-corrected chi connectivity index (χ1v) is 7.97. The summed E-state index contributed by atoms with van der Waals surface area (Å²) in [5.41, 5.74) is 3.51. The van der Waals surface area contributed by atoms with E-state index >= 15 is 0 Å². The lowest BCUT2D eigenvalue weighted by Gasteiger charge is -2.28. The molecule has 22 heavy (non-hydrogen) atoms. The summed E-state index contributed by atoms with van der Waals surface area (Å²) in [7, 11) is 0. The van der Waals surface area contributed by atoms with Crippen molar-refractivity contribution in [2.24, 2.45) is 0 Å². The minimum absolute atomic E-state index is 0.0246. The zero-order valence-corrected chi connectivity index (χ0v) is 13.0. The molecule has 3 heterocycles. The normalized spacial score (nSPS) is 14.8. The second-order valence-electron chi connectivity index (χ2n) is 5.81. The van der Waals surface area contributed by atoms with Gasteiger partial charge < -0.3 is 0 Å². The molecule has 5 nitrogen and oxygen atoms in total. The molecule has 0 saturated carbocycles. The molecular weight excluding hydrogens is 276 g/mol. The molecule has 0 radical (unpaired) electrons. The Hall–Kier alpha value is -2.01. The number of nitrogens with zero attached hydrogens (tertiary/aromatic N) is 4. The lowest BCUT2D eigenvalue weighted by Crippen LogP contribution is -2.36. The van der Waals surface area contributed by atoms with Crippen LogP contribution in [0.15, 0.2) is 35.4 Å². The van der Waals surface area contributed by atoms with Crippen LogP contribution in [0.3, 0.4) is 0 Å². The summed E-state index contributed by atoms with van der Waals surface area (Å²) in [6.45, 7) is 5.61. The van der Waals surface area contributed by atoms with E-state index in [-0.39, 0.29) is 5.56 Å². The van der Waals surface area contributed by atoms with E-state index in [9.17, 15) is 4.79 Å². The van der Waals surface area contributed by atoms with Gasteiger partial charge in [0.1, 0.15) is 0 Å². The molecule has 0 saturated heterocycles. The van der Waals surface area contributed by atoms with E-state index in [0.717, 1.165) is 50.2 Å².